The molecular formula is C34H42N4. The van der Waals surface area contributed by atoms with Gasteiger partial charge >= 0.3 is 0 Å². The molecule has 0 aliphatic carbocycles. The van der Waals surface area contributed by atoms with Crippen LogP contribution < -0.4 is 10.6 Å². The maximum atomic E-state index is 6.63. The lowest BCUT2D eigenvalue weighted by Gasteiger charge is -2.29. The largest absolute Gasteiger partial charge is 0.319 e. The molecule has 4 nitrogen and oxygen atoms in total. The first kappa shape index (κ1) is 27.5. The van der Waals surface area contributed by atoms with Crippen molar-refractivity contribution in [1.82, 2.24) is 9.97 Å². The van der Waals surface area contributed by atoms with Crippen LogP contribution in [0, 0.1) is 0 Å². The van der Waals surface area contributed by atoms with Crippen molar-refractivity contribution < 1.29 is 0 Å². The fourth-order valence-electron chi connectivity index (χ4n) is 5.03. The molecule has 1 aromatic heterocycles. The summed E-state index contributed by atoms with van der Waals surface area (Å²) in [6.45, 7) is 8.79. The minimum Gasteiger partial charge on any atom is -0.319 e. The van der Waals surface area contributed by atoms with Crippen LogP contribution in [0.5, 0.6) is 0 Å². The van der Waals surface area contributed by atoms with Crippen molar-refractivity contribution >= 4 is 17.1 Å². The van der Waals surface area contributed by atoms with Gasteiger partial charge in [0.05, 0.1) is 11.2 Å². The molecule has 3 aromatic carbocycles. The second kappa shape index (κ2) is 12.8. The molecule has 0 fully saturated rings. The molecule has 1 unspecified atom stereocenters. The summed E-state index contributed by atoms with van der Waals surface area (Å²) in [5, 5.41) is 0. The summed E-state index contributed by atoms with van der Waals surface area (Å²) in [6, 6.07) is 28.0. The van der Waals surface area contributed by atoms with E-state index in [1.165, 1.54) is 31.2 Å². The number of hydrogen-bond donors (Lipinski definition) is 1. The molecule has 0 saturated heterocycles. The second-order valence-corrected chi connectivity index (χ2v) is 10.3. The number of nitrogens with two attached hydrogens (primary N) is 1. The average molecular weight is 507 g/mol. The highest BCUT2D eigenvalue weighted by molar-refractivity contribution is 5.88. The summed E-state index contributed by atoms with van der Waals surface area (Å²) in [5.74, 6) is 1.19. The molecular weight excluding hydrogens is 464 g/mol. The van der Waals surface area contributed by atoms with E-state index in [-0.39, 0.29) is 0 Å². The number of rotatable bonds is 12. The SMILES string of the molecule is CCCCCC(C)c1ccc(N(c2ccccc2)c2ccccc2)c(-c2cnc(C(N)(CC)CC)nc2)c1. The summed E-state index contributed by atoms with van der Waals surface area (Å²) in [6.07, 6.45) is 10.5. The van der Waals surface area contributed by atoms with Gasteiger partial charge in [-0.2, -0.15) is 0 Å². The van der Waals surface area contributed by atoms with Gasteiger partial charge in [0, 0.05) is 34.9 Å². The van der Waals surface area contributed by atoms with E-state index in [0.29, 0.717) is 11.7 Å². The zero-order valence-corrected chi connectivity index (χ0v) is 23.4. The maximum Gasteiger partial charge on any atom is 0.148 e. The molecule has 4 heteroatoms. The van der Waals surface area contributed by atoms with Gasteiger partial charge in [0.1, 0.15) is 5.82 Å². The van der Waals surface area contributed by atoms with Gasteiger partial charge < -0.3 is 10.6 Å². The number of hydrogen-bond acceptors (Lipinski definition) is 4. The van der Waals surface area contributed by atoms with Crippen molar-refractivity contribution in [2.24, 2.45) is 5.73 Å². The third-order valence-corrected chi connectivity index (χ3v) is 7.77. The van der Waals surface area contributed by atoms with Crippen LogP contribution in [-0.4, -0.2) is 9.97 Å². The van der Waals surface area contributed by atoms with Gasteiger partial charge in [0.15, 0.2) is 0 Å². The smallest absolute Gasteiger partial charge is 0.148 e. The number of para-hydroxylation sites is 2. The van der Waals surface area contributed by atoms with Crippen LogP contribution in [0.1, 0.15) is 83.5 Å². The van der Waals surface area contributed by atoms with Gasteiger partial charge in [-0.25, -0.2) is 9.97 Å². The van der Waals surface area contributed by atoms with E-state index >= 15 is 0 Å². The fourth-order valence-corrected chi connectivity index (χ4v) is 5.03. The topological polar surface area (TPSA) is 55.0 Å². The van der Waals surface area contributed by atoms with Gasteiger partial charge in [0.2, 0.25) is 0 Å². The first-order valence-electron chi connectivity index (χ1n) is 14.2. The van der Waals surface area contributed by atoms with Gasteiger partial charge in [-0.05, 0) is 67.1 Å². The lowest BCUT2D eigenvalue weighted by atomic mass is 9.91. The van der Waals surface area contributed by atoms with Gasteiger partial charge in [-0.15, -0.1) is 0 Å². The molecule has 2 N–H and O–H groups in total. The molecule has 0 aliphatic rings. The molecule has 1 heterocycles. The first-order valence-corrected chi connectivity index (χ1v) is 14.2. The minimum absolute atomic E-state index is 0.480. The lowest BCUT2D eigenvalue weighted by Crippen LogP contribution is -2.37. The molecule has 0 amide bonds. The van der Waals surface area contributed by atoms with Gasteiger partial charge in [0.25, 0.3) is 0 Å². The van der Waals surface area contributed by atoms with Crippen molar-refractivity contribution in [3.05, 3.63) is 103 Å². The minimum atomic E-state index is -0.503. The Morgan fingerprint density at radius 2 is 1.37 bits per heavy atom. The Kier molecular flexibility index (Phi) is 9.30. The van der Waals surface area contributed by atoms with Crippen molar-refractivity contribution in [1.29, 1.82) is 0 Å². The Balaban J connectivity index is 1.86. The van der Waals surface area contributed by atoms with Crippen LogP contribution in [0.2, 0.25) is 0 Å². The fraction of sp³-hybridized carbons (Fsp3) is 0.353. The van der Waals surface area contributed by atoms with E-state index < -0.39 is 5.54 Å². The molecule has 0 bridgehead atoms. The first-order chi connectivity index (χ1) is 18.5. The van der Waals surface area contributed by atoms with Crippen LogP contribution in [-0.2, 0) is 5.54 Å². The Morgan fingerprint density at radius 3 is 1.89 bits per heavy atom. The highest BCUT2D eigenvalue weighted by atomic mass is 15.1. The Hall–Kier alpha value is -3.50. The predicted octanol–water partition coefficient (Wildman–Crippen LogP) is 9.27. The van der Waals surface area contributed by atoms with Crippen LogP contribution in [0.25, 0.3) is 11.1 Å². The van der Waals surface area contributed by atoms with Crippen molar-refractivity contribution in [3.63, 3.8) is 0 Å². The van der Waals surface area contributed by atoms with E-state index in [9.17, 15) is 0 Å². The van der Waals surface area contributed by atoms with E-state index in [4.69, 9.17) is 15.7 Å². The number of unbranched alkanes of at least 4 members (excludes halogenated alkanes) is 2. The molecule has 1 atom stereocenters. The molecule has 4 aromatic rings. The molecule has 198 valence electrons. The Labute approximate surface area is 229 Å². The quantitative estimate of drug-likeness (QED) is 0.195. The van der Waals surface area contributed by atoms with E-state index in [0.717, 1.165) is 41.0 Å². The zero-order chi connectivity index (χ0) is 27.0. The summed E-state index contributed by atoms with van der Waals surface area (Å²) < 4.78 is 0. The molecule has 0 radical (unpaired) electrons. The summed E-state index contributed by atoms with van der Waals surface area (Å²) in [7, 11) is 0. The van der Waals surface area contributed by atoms with Crippen LogP contribution >= 0.6 is 0 Å². The van der Waals surface area contributed by atoms with Crippen molar-refractivity contribution in [3.8, 4) is 11.1 Å². The predicted molar refractivity (Wildman–Crippen MR) is 161 cm³/mol. The molecule has 0 spiro atoms. The van der Waals surface area contributed by atoms with Crippen LogP contribution in [0.15, 0.2) is 91.3 Å². The van der Waals surface area contributed by atoms with E-state index in [1.807, 2.05) is 12.4 Å². The van der Waals surface area contributed by atoms with E-state index in [1.54, 1.807) is 0 Å². The van der Waals surface area contributed by atoms with Crippen molar-refractivity contribution in [2.75, 3.05) is 4.90 Å². The molecule has 38 heavy (non-hydrogen) atoms. The standard InChI is InChI=1S/C34H42N4/c1-5-8-11-16-26(4)27-21-22-32(38(29-17-12-9-13-18-29)30-19-14-10-15-20-30)31(23-27)28-24-36-33(37-25-28)34(35,6-2)7-3/h9-10,12-15,17-26H,5-8,11,16,35H2,1-4H3. The Morgan fingerprint density at radius 1 is 0.789 bits per heavy atom. The van der Waals surface area contributed by atoms with Crippen LogP contribution in [0.4, 0.5) is 17.1 Å². The van der Waals surface area contributed by atoms with Crippen LogP contribution in [0.3, 0.4) is 0 Å². The third kappa shape index (κ3) is 6.14. The highest BCUT2D eigenvalue weighted by Crippen LogP contribution is 2.42. The molecule has 0 saturated carbocycles. The normalized spacial score (nSPS) is 12.3. The summed E-state index contributed by atoms with van der Waals surface area (Å²) in [4.78, 5) is 11.9. The zero-order valence-electron chi connectivity index (χ0n) is 23.4. The number of aromatic nitrogens is 2. The second-order valence-electron chi connectivity index (χ2n) is 10.3. The summed E-state index contributed by atoms with van der Waals surface area (Å²) in [5.41, 5.74) is 12.9. The molecule has 4 rings (SSSR count). The number of benzene rings is 3. The molecule has 0 aliphatic heterocycles. The highest BCUT2D eigenvalue weighted by Gasteiger charge is 2.26. The van der Waals surface area contributed by atoms with E-state index in [2.05, 4.69) is 111 Å². The van der Waals surface area contributed by atoms with Gasteiger partial charge in [-0.1, -0.05) is 89.4 Å². The van der Waals surface area contributed by atoms with Crippen molar-refractivity contribution in [2.45, 2.75) is 77.7 Å². The number of anilines is 3. The number of nitrogens with zero attached hydrogens (tertiary/aromatic N) is 3. The Bertz CT molecular complexity index is 1230. The summed E-state index contributed by atoms with van der Waals surface area (Å²) >= 11 is 0. The lowest BCUT2D eigenvalue weighted by molar-refractivity contribution is 0.387. The maximum absolute atomic E-state index is 6.63. The van der Waals surface area contributed by atoms with Gasteiger partial charge in [-0.3, -0.25) is 0 Å². The third-order valence-electron chi connectivity index (χ3n) is 7.77. The average Bonchev–Trinajstić information content (AvgIpc) is 2.98. The monoisotopic (exact) mass is 506 g/mol.